The molecule has 1 fully saturated rings. The number of rotatable bonds is 9. The van der Waals surface area contributed by atoms with Crippen molar-refractivity contribution in [1.82, 2.24) is 10.3 Å². The van der Waals surface area contributed by atoms with Crippen LogP contribution >= 0.6 is 15.9 Å². The summed E-state index contributed by atoms with van der Waals surface area (Å²) in [5, 5.41) is 3.62. The first-order valence-corrected chi connectivity index (χ1v) is 9.09. The van der Waals surface area contributed by atoms with Crippen LogP contribution in [0.4, 0.5) is 5.82 Å². The van der Waals surface area contributed by atoms with Gasteiger partial charge >= 0.3 is 0 Å². The molecule has 0 aliphatic heterocycles. The zero-order valence-electron chi connectivity index (χ0n) is 13.5. The molecule has 1 heterocycles. The van der Waals surface area contributed by atoms with Gasteiger partial charge < -0.3 is 10.2 Å². The number of nitrogens with zero attached hydrogens (tertiary/aromatic N) is 2. The fourth-order valence-electron chi connectivity index (χ4n) is 2.49. The van der Waals surface area contributed by atoms with Crippen molar-refractivity contribution in [3.05, 3.63) is 22.3 Å². The van der Waals surface area contributed by atoms with Crippen LogP contribution in [0.25, 0.3) is 0 Å². The maximum absolute atomic E-state index is 4.74. The van der Waals surface area contributed by atoms with Gasteiger partial charge in [-0.25, -0.2) is 4.98 Å². The number of pyridine rings is 1. The smallest absolute Gasteiger partial charge is 0.133 e. The van der Waals surface area contributed by atoms with Gasteiger partial charge in [-0.2, -0.15) is 0 Å². The molecule has 1 aromatic rings. The summed E-state index contributed by atoms with van der Waals surface area (Å²) in [4.78, 5) is 7.22. The third-order valence-electron chi connectivity index (χ3n) is 4.22. The number of hydrogen-bond acceptors (Lipinski definition) is 3. The lowest BCUT2D eigenvalue weighted by Crippen LogP contribution is -2.35. The monoisotopic (exact) mass is 353 g/mol. The second kappa shape index (κ2) is 8.14. The minimum absolute atomic E-state index is 0.532. The maximum atomic E-state index is 4.74. The molecule has 1 aliphatic rings. The Morgan fingerprint density at radius 2 is 2.19 bits per heavy atom. The summed E-state index contributed by atoms with van der Waals surface area (Å²) in [7, 11) is 0. The van der Waals surface area contributed by atoms with Crippen molar-refractivity contribution in [2.24, 2.45) is 0 Å². The average Bonchev–Trinajstić information content (AvgIpc) is 3.30. The molecule has 1 saturated carbocycles. The Balaban J connectivity index is 2.19. The zero-order valence-corrected chi connectivity index (χ0v) is 15.1. The largest absolute Gasteiger partial charge is 0.354 e. The number of nitrogens with one attached hydrogen (secondary N) is 1. The molecule has 0 aromatic carbocycles. The van der Waals surface area contributed by atoms with Crippen LogP contribution in [0, 0.1) is 0 Å². The first-order valence-electron chi connectivity index (χ1n) is 8.30. The molecule has 1 N–H and O–H groups in total. The molecule has 1 atom stereocenters. The molecule has 0 amide bonds. The van der Waals surface area contributed by atoms with Gasteiger partial charge in [-0.15, -0.1) is 0 Å². The molecule has 21 heavy (non-hydrogen) atoms. The summed E-state index contributed by atoms with van der Waals surface area (Å²) in [5.41, 5.74) is 1.31. The van der Waals surface area contributed by atoms with Crippen LogP contribution in [0.15, 0.2) is 16.7 Å². The molecule has 0 bridgehead atoms. The van der Waals surface area contributed by atoms with Gasteiger partial charge in [0.25, 0.3) is 0 Å². The minimum atomic E-state index is 0.532. The quantitative estimate of drug-likeness (QED) is 0.708. The first kappa shape index (κ1) is 16.8. The van der Waals surface area contributed by atoms with Gasteiger partial charge in [0.15, 0.2) is 0 Å². The number of aromatic nitrogens is 1. The van der Waals surface area contributed by atoms with Gasteiger partial charge in [0.05, 0.1) is 0 Å². The Bertz CT molecular complexity index is 446. The Morgan fingerprint density at radius 1 is 1.43 bits per heavy atom. The van der Waals surface area contributed by atoms with Crippen molar-refractivity contribution in [2.75, 3.05) is 11.4 Å². The molecule has 2 rings (SSSR count). The van der Waals surface area contributed by atoms with E-state index in [-0.39, 0.29) is 0 Å². The van der Waals surface area contributed by atoms with E-state index in [1.807, 2.05) is 6.20 Å². The Kier molecular flexibility index (Phi) is 6.49. The lowest BCUT2D eigenvalue weighted by Gasteiger charge is -2.31. The van der Waals surface area contributed by atoms with E-state index in [4.69, 9.17) is 4.98 Å². The normalized spacial score (nSPS) is 16.0. The third-order valence-corrected chi connectivity index (χ3v) is 4.65. The molecular weight excluding hydrogens is 326 g/mol. The molecule has 1 aromatic heterocycles. The van der Waals surface area contributed by atoms with E-state index < -0.39 is 0 Å². The van der Waals surface area contributed by atoms with Crippen LogP contribution in [0.1, 0.15) is 58.4 Å². The topological polar surface area (TPSA) is 28.2 Å². The van der Waals surface area contributed by atoms with E-state index >= 15 is 0 Å². The van der Waals surface area contributed by atoms with Crippen LogP contribution in [0.3, 0.4) is 0 Å². The predicted molar refractivity (Wildman–Crippen MR) is 93.8 cm³/mol. The fourth-order valence-corrected chi connectivity index (χ4v) is 2.87. The lowest BCUT2D eigenvalue weighted by atomic mass is 10.1. The Labute approximate surface area is 137 Å². The Hall–Kier alpha value is -0.610. The van der Waals surface area contributed by atoms with Crippen molar-refractivity contribution < 1.29 is 0 Å². The molecular formula is C17H28BrN3. The van der Waals surface area contributed by atoms with Gasteiger partial charge in [0, 0.05) is 41.4 Å². The lowest BCUT2D eigenvalue weighted by molar-refractivity contribution is 0.583. The molecule has 1 unspecified atom stereocenters. The van der Waals surface area contributed by atoms with Gasteiger partial charge in [0.1, 0.15) is 5.82 Å². The highest BCUT2D eigenvalue weighted by Gasteiger charge is 2.22. The molecule has 4 heteroatoms. The molecule has 0 saturated heterocycles. The highest BCUT2D eigenvalue weighted by molar-refractivity contribution is 9.10. The van der Waals surface area contributed by atoms with Crippen LogP contribution in [-0.2, 0) is 6.54 Å². The van der Waals surface area contributed by atoms with E-state index in [0.29, 0.717) is 6.04 Å². The summed E-state index contributed by atoms with van der Waals surface area (Å²) < 4.78 is 1.07. The Morgan fingerprint density at radius 3 is 2.81 bits per heavy atom. The highest BCUT2D eigenvalue weighted by atomic mass is 79.9. The summed E-state index contributed by atoms with van der Waals surface area (Å²) in [6.45, 7) is 8.82. The average molecular weight is 354 g/mol. The third kappa shape index (κ3) is 4.96. The number of hydrogen-bond donors (Lipinski definition) is 1. The van der Waals surface area contributed by atoms with Crippen molar-refractivity contribution in [3.8, 4) is 0 Å². The van der Waals surface area contributed by atoms with Crippen LogP contribution in [-0.4, -0.2) is 23.6 Å². The SMILES string of the molecule is CCCCN(c1ncc(Br)cc1CNC1CC1)C(C)CC. The number of anilines is 1. The minimum Gasteiger partial charge on any atom is -0.354 e. The summed E-state index contributed by atoms with van der Waals surface area (Å²) >= 11 is 3.57. The van der Waals surface area contributed by atoms with E-state index in [9.17, 15) is 0 Å². The van der Waals surface area contributed by atoms with E-state index in [1.165, 1.54) is 31.2 Å². The van der Waals surface area contributed by atoms with E-state index in [1.54, 1.807) is 0 Å². The van der Waals surface area contributed by atoms with Crippen molar-refractivity contribution in [2.45, 2.75) is 71.5 Å². The maximum Gasteiger partial charge on any atom is 0.133 e. The second-order valence-corrected chi connectivity index (χ2v) is 7.01. The zero-order chi connectivity index (χ0) is 15.2. The summed E-state index contributed by atoms with van der Waals surface area (Å²) in [5.74, 6) is 1.16. The van der Waals surface area contributed by atoms with E-state index in [2.05, 4.69) is 53.0 Å². The predicted octanol–water partition coefficient (Wildman–Crippen LogP) is 4.50. The van der Waals surface area contributed by atoms with Crippen LogP contribution < -0.4 is 10.2 Å². The molecule has 0 radical (unpaired) electrons. The molecule has 1 aliphatic carbocycles. The molecule has 118 valence electrons. The van der Waals surface area contributed by atoms with Gasteiger partial charge in [-0.05, 0) is 54.6 Å². The first-order chi connectivity index (χ1) is 10.2. The van der Waals surface area contributed by atoms with Crippen molar-refractivity contribution in [1.29, 1.82) is 0 Å². The summed E-state index contributed by atoms with van der Waals surface area (Å²) in [6, 6.07) is 3.48. The number of halogens is 1. The fraction of sp³-hybridized carbons (Fsp3) is 0.706. The summed E-state index contributed by atoms with van der Waals surface area (Å²) in [6.07, 6.45) is 8.16. The molecule has 3 nitrogen and oxygen atoms in total. The number of unbranched alkanes of at least 4 members (excludes halogenated alkanes) is 1. The highest BCUT2D eigenvalue weighted by Crippen LogP contribution is 2.26. The second-order valence-electron chi connectivity index (χ2n) is 6.10. The van der Waals surface area contributed by atoms with Crippen LogP contribution in [0.5, 0.6) is 0 Å². The van der Waals surface area contributed by atoms with Crippen LogP contribution in [0.2, 0.25) is 0 Å². The van der Waals surface area contributed by atoms with E-state index in [0.717, 1.165) is 35.8 Å². The van der Waals surface area contributed by atoms with Crippen molar-refractivity contribution >= 4 is 21.7 Å². The van der Waals surface area contributed by atoms with Gasteiger partial charge in [-0.3, -0.25) is 0 Å². The molecule has 0 spiro atoms. The standard InChI is InChI=1S/C17H28BrN3/c1-4-6-9-21(13(3)5-2)17-14(10-15(18)12-20-17)11-19-16-7-8-16/h10,12-13,16,19H,4-9,11H2,1-3H3. The van der Waals surface area contributed by atoms with Gasteiger partial charge in [0.2, 0.25) is 0 Å². The van der Waals surface area contributed by atoms with Gasteiger partial charge in [-0.1, -0.05) is 20.3 Å². The van der Waals surface area contributed by atoms with Crippen molar-refractivity contribution in [3.63, 3.8) is 0 Å².